The molecule has 0 aliphatic heterocycles. The molecule has 0 spiro atoms. The number of esters is 1. The summed E-state index contributed by atoms with van der Waals surface area (Å²) in [6, 6.07) is 1.81. The molecule has 0 aliphatic carbocycles. The van der Waals surface area contributed by atoms with Crippen molar-refractivity contribution in [1.29, 1.82) is 0 Å². The molecule has 0 bridgehead atoms. The third-order valence-corrected chi connectivity index (χ3v) is 3.55. The predicted octanol–water partition coefficient (Wildman–Crippen LogP) is 3.38. The van der Waals surface area contributed by atoms with Gasteiger partial charge in [-0.15, -0.1) is 0 Å². The molecule has 1 atom stereocenters. The molecule has 0 aliphatic rings. The van der Waals surface area contributed by atoms with Gasteiger partial charge in [-0.25, -0.2) is 4.79 Å². The summed E-state index contributed by atoms with van der Waals surface area (Å²) in [5.41, 5.74) is 1.84. The van der Waals surface area contributed by atoms with E-state index in [2.05, 4.69) is 0 Å². The summed E-state index contributed by atoms with van der Waals surface area (Å²) >= 11 is 6.20. The summed E-state index contributed by atoms with van der Waals surface area (Å²) in [7, 11) is 1.51. The van der Waals surface area contributed by atoms with Crippen molar-refractivity contribution in [3.05, 3.63) is 27.8 Å². The molecule has 1 rings (SSSR count). The molecule has 0 radical (unpaired) electrons. The van der Waals surface area contributed by atoms with Gasteiger partial charge in [-0.2, -0.15) is 0 Å². The topological polar surface area (TPSA) is 55.8 Å². The molecule has 1 aromatic carbocycles. The quantitative estimate of drug-likeness (QED) is 0.847. The van der Waals surface area contributed by atoms with E-state index in [9.17, 15) is 9.90 Å². The van der Waals surface area contributed by atoms with E-state index in [0.717, 1.165) is 5.56 Å². The van der Waals surface area contributed by atoms with Gasteiger partial charge in [0.1, 0.15) is 5.75 Å². The Kier molecular flexibility index (Phi) is 5.84. The zero-order chi connectivity index (χ0) is 15.4. The number of carbonyl (C=O) groups excluding carboxylic acids is 1. The van der Waals surface area contributed by atoms with Crippen molar-refractivity contribution in [3.8, 4) is 5.75 Å². The van der Waals surface area contributed by atoms with E-state index in [1.54, 1.807) is 13.8 Å². The van der Waals surface area contributed by atoms with E-state index < -0.39 is 12.1 Å². The number of benzene rings is 1. The summed E-state index contributed by atoms with van der Waals surface area (Å²) < 4.78 is 10.3. The van der Waals surface area contributed by atoms with Crippen molar-refractivity contribution in [2.45, 2.75) is 39.7 Å². The molecule has 112 valence electrons. The first-order chi connectivity index (χ1) is 9.34. The van der Waals surface area contributed by atoms with Crippen LogP contribution in [0.15, 0.2) is 6.07 Å². The van der Waals surface area contributed by atoms with Crippen LogP contribution < -0.4 is 4.74 Å². The van der Waals surface area contributed by atoms with Gasteiger partial charge in [0.25, 0.3) is 0 Å². The van der Waals surface area contributed by atoms with Crippen molar-refractivity contribution in [1.82, 2.24) is 0 Å². The standard InChI is InChI=1S/C15H21ClO4/c1-6-20-15(18)13(17)12-9(4)11(16)7-10(8(2)3)14(12)19-5/h7-8,13,17H,6H2,1-5H3. The summed E-state index contributed by atoms with van der Waals surface area (Å²) in [6.07, 6.45) is -1.40. The molecular weight excluding hydrogens is 280 g/mol. The number of carbonyl (C=O) groups is 1. The van der Waals surface area contributed by atoms with Crippen LogP contribution in [0.25, 0.3) is 0 Å². The Morgan fingerprint density at radius 2 is 2.05 bits per heavy atom. The van der Waals surface area contributed by atoms with Crippen molar-refractivity contribution in [2.24, 2.45) is 0 Å². The Labute approximate surface area is 124 Å². The first-order valence-corrected chi connectivity index (χ1v) is 6.94. The highest BCUT2D eigenvalue weighted by Crippen LogP contribution is 2.40. The minimum atomic E-state index is -1.40. The summed E-state index contributed by atoms with van der Waals surface area (Å²) in [6.45, 7) is 7.61. The summed E-state index contributed by atoms with van der Waals surface area (Å²) in [5, 5.41) is 10.7. The van der Waals surface area contributed by atoms with Crippen molar-refractivity contribution < 1.29 is 19.4 Å². The zero-order valence-electron chi connectivity index (χ0n) is 12.5. The van der Waals surface area contributed by atoms with Gasteiger partial charge in [-0.05, 0) is 37.0 Å². The lowest BCUT2D eigenvalue weighted by molar-refractivity contribution is -0.153. The Hall–Kier alpha value is -1.26. The molecule has 0 saturated carbocycles. The first kappa shape index (κ1) is 16.8. The average Bonchev–Trinajstić information content (AvgIpc) is 2.40. The van der Waals surface area contributed by atoms with Gasteiger partial charge in [0.05, 0.1) is 13.7 Å². The Bertz CT molecular complexity index is 497. The molecule has 0 heterocycles. The van der Waals surface area contributed by atoms with Gasteiger partial charge < -0.3 is 14.6 Å². The molecule has 0 saturated heterocycles. The van der Waals surface area contributed by atoms with E-state index in [1.165, 1.54) is 7.11 Å². The molecule has 1 N–H and O–H groups in total. The highest BCUT2D eigenvalue weighted by molar-refractivity contribution is 6.31. The molecule has 1 unspecified atom stereocenters. The fourth-order valence-corrected chi connectivity index (χ4v) is 2.31. The van der Waals surface area contributed by atoms with Crippen LogP contribution in [0.4, 0.5) is 0 Å². The fourth-order valence-electron chi connectivity index (χ4n) is 2.09. The number of halogens is 1. The molecule has 0 fully saturated rings. The van der Waals surface area contributed by atoms with Gasteiger partial charge >= 0.3 is 5.97 Å². The van der Waals surface area contributed by atoms with Crippen molar-refractivity contribution in [3.63, 3.8) is 0 Å². The van der Waals surface area contributed by atoms with Crippen LogP contribution in [0.3, 0.4) is 0 Å². The van der Waals surface area contributed by atoms with Crippen molar-refractivity contribution >= 4 is 17.6 Å². The highest BCUT2D eigenvalue weighted by Gasteiger charge is 2.28. The van der Waals surface area contributed by atoms with Crippen LogP contribution in [0.2, 0.25) is 5.02 Å². The van der Waals surface area contributed by atoms with Gasteiger partial charge in [-0.3, -0.25) is 0 Å². The van der Waals surface area contributed by atoms with Crippen LogP contribution in [0, 0.1) is 6.92 Å². The van der Waals surface area contributed by atoms with Gasteiger partial charge in [0, 0.05) is 10.6 Å². The van der Waals surface area contributed by atoms with Crippen LogP contribution in [0.1, 0.15) is 49.5 Å². The Morgan fingerprint density at radius 1 is 1.45 bits per heavy atom. The van der Waals surface area contributed by atoms with Crippen molar-refractivity contribution in [2.75, 3.05) is 13.7 Å². The second kappa shape index (κ2) is 6.95. The van der Waals surface area contributed by atoms with E-state index in [0.29, 0.717) is 21.9 Å². The van der Waals surface area contributed by atoms with Gasteiger partial charge in [-0.1, -0.05) is 25.4 Å². The maximum Gasteiger partial charge on any atom is 0.339 e. The molecule has 4 nitrogen and oxygen atoms in total. The molecular formula is C15H21ClO4. The second-order valence-corrected chi connectivity index (χ2v) is 5.24. The number of hydrogen-bond acceptors (Lipinski definition) is 4. The fraction of sp³-hybridized carbons (Fsp3) is 0.533. The molecule has 20 heavy (non-hydrogen) atoms. The van der Waals surface area contributed by atoms with E-state index in [4.69, 9.17) is 21.1 Å². The van der Waals surface area contributed by atoms with E-state index in [1.807, 2.05) is 19.9 Å². The zero-order valence-corrected chi connectivity index (χ0v) is 13.2. The Balaban J connectivity index is 3.46. The third kappa shape index (κ3) is 3.25. The molecule has 5 heteroatoms. The largest absolute Gasteiger partial charge is 0.496 e. The minimum Gasteiger partial charge on any atom is -0.496 e. The SMILES string of the molecule is CCOC(=O)C(O)c1c(C)c(Cl)cc(C(C)C)c1OC. The third-order valence-electron chi connectivity index (χ3n) is 3.16. The van der Waals surface area contributed by atoms with Crippen LogP contribution in [0.5, 0.6) is 5.75 Å². The first-order valence-electron chi connectivity index (χ1n) is 6.56. The number of aliphatic hydroxyl groups is 1. The normalized spacial score (nSPS) is 12.4. The maximum atomic E-state index is 11.8. The lowest BCUT2D eigenvalue weighted by atomic mass is 9.93. The second-order valence-electron chi connectivity index (χ2n) is 4.83. The number of rotatable bonds is 5. The number of methoxy groups -OCH3 is 1. The summed E-state index contributed by atoms with van der Waals surface area (Å²) in [4.78, 5) is 11.8. The van der Waals surface area contributed by atoms with Gasteiger partial charge in [0.2, 0.25) is 0 Å². The lowest BCUT2D eigenvalue weighted by Gasteiger charge is -2.22. The smallest absolute Gasteiger partial charge is 0.339 e. The van der Waals surface area contributed by atoms with Crippen LogP contribution in [-0.2, 0) is 9.53 Å². The highest BCUT2D eigenvalue weighted by atomic mass is 35.5. The lowest BCUT2D eigenvalue weighted by Crippen LogP contribution is -2.18. The van der Waals surface area contributed by atoms with E-state index in [-0.39, 0.29) is 12.5 Å². The van der Waals surface area contributed by atoms with Crippen LogP contribution in [-0.4, -0.2) is 24.8 Å². The predicted molar refractivity (Wildman–Crippen MR) is 78.4 cm³/mol. The Morgan fingerprint density at radius 3 is 2.50 bits per heavy atom. The number of ether oxygens (including phenoxy) is 2. The maximum absolute atomic E-state index is 11.8. The number of aliphatic hydroxyl groups excluding tert-OH is 1. The molecule has 0 aromatic heterocycles. The average molecular weight is 301 g/mol. The van der Waals surface area contributed by atoms with E-state index >= 15 is 0 Å². The van der Waals surface area contributed by atoms with Gasteiger partial charge in [0.15, 0.2) is 6.10 Å². The van der Waals surface area contributed by atoms with Crippen LogP contribution >= 0.6 is 11.6 Å². The molecule has 0 amide bonds. The monoisotopic (exact) mass is 300 g/mol. The molecule has 1 aromatic rings. The minimum absolute atomic E-state index is 0.149. The number of hydrogen-bond donors (Lipinski definition) is 1. The summed E-state index contributed by atoms with van der Waals surface area (Å²) in [5.74, 6) is -0.0653.